The molecule has 0 bridgehead atoms. The third-order valence-electron chi connectivity index (χ3n) is 0.372. The van der Waals surface area contributed by atoms with Gasteiger partial charge in [-0.3, -0.25) is 0 Å². The average molecular weight is 297 g/mol. The van der Waals surface area contributed by atoms with Gasteiger partial charge in [-0.15, -0.1) is 0 Å². The van der Waals surface area contributed by atoms with E-state index in [1.165, 1.54) is 6.20 Å². The van der Waals surface area contributed by atoms with E-state index in [9.17, 15) is 0 Å². The van der Waals surface area contributed by atoms with Gasteiger partial charge in [0.2, 0.25) is 0 Å². The van der Waals surface area contributed by atoms with Gasteiger partial charge in [-0.1, -0.05) is 11.4 Å². The molecule has 0 saturated heterocycles. The predicted octanol–water partition coefficient (Wildman–Crippen LogP) is -0.123. The van der Waals surface area contributed by atoms with Crippen LogP contribution in [0.15, 0.2) is 11.2 Å². The summed E-state index contributed by atoms with van der Waals surface area (Å²) in [5.74, 6) is 0. The molecule has 0 aliphatic rings. The first kappa shape index (κ1) is 7.23. The minimum Gasteiger partial charge on any atom is -0.319 e. The number of rotatable bonds is 0. The van der Waals surface area contributed by atoms with Gasteiger partial charge in [-0.2, -0.15) is 10.1 Å². The van der Waals surface area contributed by atoms with Gasteiger partial charge in [0.15, 0.2) is 0 Å². The number of nitrogens with zero attached hydrogens (tertiary/aromatic N) is 3. The molecule has 3 nitrogen and oxygen atoms in total. The summed E-state index contributed by atoms with van der Waals surface area (Å²) >= 11 is 3.80. The van der Waals surface area contributed by atoms with Crippen molar-refractivity contribution in [3.63, 3.8) is 0 Å². The maximum Gasteiger partial charge on any atom is 1.00 e. The van der Waals surface area contributed by atoms with Crippen molar-refractivity contribution in [3.05, 3.63) is 6.20 Å². The van der Waals surface area contributed by atoms with Gasteiger partial charge in [0.1, 0.15) is 0 Å². The van der Waals surface area contributed by atoms with Crippen molar-refractivity contribution in [2.24, 2.45) is 0 Å². The fourth-order valence-electron chi connectivity index (χ4n) is 0.175. The van der Waals surface area contributed by atoms with Crippen molar-refractivity contribution in [3.8, 4) is 0 Å². The standard InChI is InChI=1S/C2H2N3S.Au/c6-2-1-3-5-4-2;/h1,6H;/q-1;+1. The van der Waals surface area contributed by atoms with Gasteiger partial charge in [-0.05, 0) is 0 Å². The first-order valence-corrected chi connectivity index (χ1v) is 1.84. The van der Waals surface area contributed by atoms with Crippen LogP contribution >= 0.6 is 12.6 Å². The number of hydrogen-bond acceptors (Lipinski definition) is 4. The van der Waals surface area contributed by atoms with E-state index in [2.05, 4.69) is 28.0 Å². The molecular formula is C2H2AuN3S. The molecule has 0 aliphatic carbocycles. The topological polar surface area (TPSA) is 38.7 Å². The summed E-state index contributed by atoms with van der Waals surface area (Å²) in [7, 11) is 0. The molecule has 0 radical (unpaired) electrons. The number of hydrogen-bond donors (Lipinski definition) is 1. The van der Waals surface area contributed by atoms with Crippen molar-refractivity contribution < 1.29 is 22.4 Å². The smallest absolute Gasteiger partial charge is 0.319 e. The van der Waals surface area contributed by atoms with Crippen LogP contribution in [0.5, 0.6) is 0 Å². The van der Waals surface area contributed by atoms with Crippen molar-refractivity contribution in [1.82, 2.24) is 15.4 Å². The van der Waals surface area contributed by atoms with Crippen molar-refractivity contribution >= 4 is 12.6 Å². The summed E-state index contributed by atoms with van der Waals surface area (Å²) < 4.78 is 0. The summed E-state index contributed by atoms with van der Waals surface area (Å²) in [6.45, 7) is 0. The number of aromatic nitrogens is 3. The van der Waals surface area contributed by atoms with E-state index in [1.807, 2.05) is 0 Å². The van der Waals surface area contributed by atoms with E-state index < -0.39 is 0 Å². The van der Waals surface area contributed by atoms with Crippen LogP contribution in [0.1, 0.15) is 0 Å². The van der Waals surface area contributed by atoms with Crippen LogP contribution in [0, 0.1) is 0 Å². The van der Waals surface area contributed by atoms with Gasteiger partial charge in [0.25, 0.3) is 0 Å². The predicted molar refractivity (Wildman–Crippen MR) is 22.7 cm³/mol. The molecule has 0 spiro atoms. The second-order valence-corrected chi connectivity index (χ2v) is 1.25. The zero-order valence-electron chi connectivity index (χ0n) is 3.17. The van der Waals surface area contributed by atoms with Crippen LogP contribution in [0.25, 0.3) is 0 Å². The maximum atomic E-state index is 3.80. The molecule has 0 atom stereocenters. The van der Waals surface area contributed by atoms with Crippen LogP contribution in [0.2, 0.25) is 0 Å². The molecule has 1 aromatic heterocycles. The minimum atomic E-state index is 0. The minimum absolute atomic E-state index is 0. The van der Waals surface area contributed by atoms with Gasteiger partial charge in [-0.25, -0.2) is 0 Å². The first-order valence-electron chi connectivity index (χ1n) is 1.39. The SMILES string of the molecule is S[c-]1cnnn1.[Au+]. The van der Waals surface area contributed by atoms with Crippen LogP contribution in [0.4, 0.5) is 0 Å². The molecule has 5 heteroatoms. The monoisotopic (exact) mass is 297 g/mol. The Morgan fingerprint density at radius 3 is 2.43 bits per heavy atom. The second-order valence-electron chi connectivity index (χ2n) is 0.792. The third kappa shape index (κ3) is 2.13. The van der Waals surface area contributed by atoms with E-state index in [-0.39, 0.29) is 22.4 Å². The third-order valence-corrected chi connectivity index (χ3v) is 0.577. The van der Waals surface area contributed by atoms with Crippen LogP contribution in [-0.4, -0.2) is 15.4 Å². The Morgan fingerprint density at radius 2 is 2.29 bits per heavy atom. The maximum absolute atomic E-state index is 3.80. The fourth-order valence-corrected chi connectivity index (χ4v) is 0.267. The van der Waals surface area contributed by atoms with E-state index in [0.29, 0.717) is 5.03 Å². The Labute approximate surface area is 61.8 Å². The van der Waals surface area contributed by atoms with Gasteiger partial charge in [0.05, 0.1) is 0 Å². The molecule has 0 fully saturated rings. The molecule has 1 aromatic rings. The van der Waals surface area contributed by atoms with Gasteiger partial charge in [0, 0.05) is 0 Å². The van der Waals surface area contributed by atoms with Gasteiger partial charge < -0.3 is 17.7 Å². The number of thiol groups is 1. The van der Waals surface area contributed by atoms with Crippen molar-refractivity contribution in [2.75, 3.05) is 0 Å². The Balaban J connectivity index is 0.000000360. The zero-order valence-corrected chi connectivity index (χ0v) is 6.23. The Morgan fingerprint density at radius 1 is 1.57 bits per heavy atom. The molecule has 0 N–H and O–H groups in total. The average Bonchev–Trinajstić information content (AvgIpc) is 1.86. The summed E-state index contributed by atoms with van der Waals surface area (Å²) in [6.07, 6.45) is 1.48. The quantitative estimate of drug-likeness (QED) is 0.412. The van der Waals surface area contributed by atoms with Gasteiger partial charge >= 0.3 is 22.4 Å². The first-order chi connectivity index (χ1) is 2.89. The molecular weight excluding hydrogens is 295 g/mol. The van der Waals surface area contributed by atoms with E-state index in [0.717, 1.165) is 0 Å². The molecule has 42 valence electrons. The van der Waals surface area contributed by atoms with Crippen LogP contribution < -0.4 is 0 Å². The summed E-state index contributed by atoms with van der Waals surface area (Å²) in [6, 6.07) is 0. The molecule has 0 aliphatic heterocycles. The van der Waals surface area contributed by atoms with E-state index >= 15 is 0 Å². The molecule has 0 amide bonds. The Kier molecular flexibility index (Phi) is 3.37. The Hall–Kier alpha value is 0.230. The summed E-state index contributed by atoms with van der Waals surface area (Å²) in [5, 5.41) is 10.6. The molecule has 0 aromatic carbocycles. The second kappa shape index (κ2) is 3.26. The molecule has 0 saturated carbocycles. The molecule has 1 rings (SSSR count). The van der Waals surface area contributed by atoms with E-state index in [1.54, 1.807) is 0 Å². The summed E-state index contributed by atoms with van der Waals surface area (Å²) in [4.78, 5) is 0. The Bertz CT molecular complexity index is 116. The largest absolute Gasteiger partial charge is 1.00 e. The molecule has 0 unspecified atom stereocenters. The van der Waals surface area contributed by atoms with E-state index in [4.69, 9.17) is 0 Å². The molecule has 1 heterocycles. The summed E-state index contributed by atoms with van der Waals surface area (Å²) in [5.41, 5.74) is 0. The zero-order chi connectivity index (χ0) is 4.41. The van der Waals surface area contributed by atoms with Crippen molar-refractivity contribution in [1.29, 1.82) is 0 Å². The molecule has 7 heavy (non-hydrogen) atoms. The van der Waals surface area contributed by atoms with Crippen LogP contribution in [-0.2, 0) is 22.4 Å². The van der Waals surface area contributed by atoms with Crippen molar-refractivity contribution in [2.45, 2.75) is 5.03 Å². The fraction of sp³-hybridized carbons (Fsp3) is 0. The normalized spacial score (nSPS) is 7.57. The van der Waals surface area contributed by atoms with Crippen LogP contribution in [0.3, 0.4) is 0 Å².